The first-order valence-electron chi connectivity index (χ1n) is 4.12. The SMILES string of the molecule is CO[C@H]1CC(=O)/C1=C/c1ccco1. The summed E-state index contributed by atoms with van der Waals surface area (Å²) in [6.45, 7) is 0. The van der Waals surface area contributed by atoms with Crippen molar-refractivity contribution >= 4 is 11.9 Å². The van der Waals surface area contributed by atoms with Crippen LogP contribution in [0.2, 0.25) is 0 Å². The van der Waals surface area contributed by atoms with Crippen LogP contribution in [-0.4, -0.2) is 19.0 Å². The van der Waals surface area contributed by atoms with E-state index in [-0.39, 0.29) is 11.9 Å². The molecule has 0 radical (unpaired) electrons. The monoisotopic (exact) mass is 178 g/mol. The topological polar surface area (TPSA) is 39.4 Å². The van der Waals surface area contributed by atoms with Gasteiger partial charge in [-0.1, -0.05) is 0 Å². The van der Waals surface area contributed by atoms with E-state index in [0.29, 0.717) is 17.8 Å². The highest BCUT2D eigenvalue weighted by Gasteiger charge is 2.33. The molecule has 1 heterocycles. The number of furan rings is 1. The molecule has 0 spiro atoms. The maximum atomic E-state index is 11.1. The van der Waals surface area contributed by atoms with Crippen LogP contribution in [0.3, 0.4) is 0 Å². The second-order valence-corrected chi connectivity index (χ2v) is 2.97. The number of methoxy groups -OCH3 is 1. The lowest BCUT2D eigenvalue weighted by atomic mass is 9.86. The minimum atomic E-state index is -0.0439. The third-order valence-electron chi connectivity index (χ3n) is 2.17. The van der Waals surface area contributed by atoms with Gasteiger partial charge in [0.1, 0.15) is 5.76 Å². The van der Waals surface area contributed by atoms with Crippen molar-refractivity contribution in [3.05, 3.63) is 29.7 Å². The number of rotatable bonds is 2. The number of carbonyl (C=O) groups is 1. The number of ketones is 1. The van der Waals surface area contributed by atoms with Crippen molar-refractivity contribution in [1.82, 2.24) is 0 Å². The van der Waals surface area contributed by atoms with E-state index < -0.39 is 0 Å². The lowest BCUT2D eigenvalue weighted by Gasteiger charge is -2.26. The first kappa shape index (κ1) is 8.26. The average Bonchev–Trinajstić information content (AvgIpc) is 2.62. The molecule has 1 aliphatic carbocycles. The molecule has 1 aromatic rings. The molecule has 2 rings (SSSR count). The van der Waals surface area contributed by atoms with Crippen LogP contribution in [0.25, 0.3) is 6.08 Å². The van der Waals surface area contributed by atoms with E-state index in [9.17, 15) is 4.79 Å². The fourth-order valence-corrected chi connectivity index (χ4v) is 1.36. The zero-order valence-corrected chi connectivity index (χ0v) is 7.32. The van der Waals surface area contributed by atoms with Gasteiger partial charge in [-0.3, -0.25) is 4.79 Å². The summed E-state index contributed by atoms with van der Waals surface area (Å²) in [4.78, 5) is 11.1. The molecule has 3 nitrogen and oxygen atoms in total. The summed E-state index contributed by atoms with van der Waals surface area (Å²) < 4.78 is 10.2. The molecule has 3 heteroatoms. The highest BCUT2D eigenvalue weighted by molar-refractivity contribution is 6.07. The molecule has 0 N–H and O–H groups in total. The summed E-state index contributed by atoms with van der Waals surface area (Å²) in [6.07, 6.45) is 3.76. The Morgan fingerprint density at radius 1 is 1.69 bits per heavy atom. The highest BCUT2D eigenvalue weighted by Crippen LogP contribution is 2.27. The van der Waals surface area contributed by atoms with Gasteiger partial charge in [-0.05, 0) is 18.2 Å². The minimum Gasteiger partial charge on any atom is -0.465 e. The lowest BCUT2D eigenvalue weighted by molar-refractivity contribution is -0.124. The molecule has 0 saturated heterocycles. The van der Waals surface area contributed by atoms with Crippen LogP contribution in [0.15, 0.2) is 28.4 Å². The quantitative estimate of drug-likeness (QED) is 0.646. The van der Waals surface area contributed by atoms with E-state index in [1.807, 2.05) is 6.07 Å². The van der Waals surface area contributed by atoms with Crippen LogP contribution in [0.4, 0.5) is 0 Å². The Hall–Kier alpha value is -1.35. The summed E-state index contributed by atoms with van der Waals surface area (Å²) in [6, 6.07) is 3.60. The lowest BCUT2D eigenvalue weighted by Crippen LogP contribution is -2.34. The number of carbonyl (C=O) groups excluding carboxylic acids is 1. The zero-order valence-electron chi connectivity index (χ0n) is 7.32. The molecule has 13 heavy (non-hydrogen) atoms. The smallest absolute Gasteiger partial charge is 0.164 e. The van der Waals surface area contributed by atoms with E-state index in [4.69, 9.17) is 9.15 Å². The van der Waals surface area contributed by atoms with Gasteiger partial charge in [-0.2, -0.15) is 0 Å². The van der Waals surface area contributed by atoms with Gasteiger partial charge in [0, 0.05) is 19.1 Å². The van der Waals surface area contributed by atoms with Crippen molar-refractivity contribution < 1.29 is 13.9 Å². The Balaban J connectivity index is 2.20. The van der Waals surface area contributed by atoms with Crippen molar-refractivity contribution in [2.45, 2.75) is 12.5 Å². The summed E-state index contributed by atoms with van der Waals surface area (Å²) in [7, 11) is 1.60. The summed E-state index contributed by atoms with van der Waals surface area (Å²) in [5.41, 5.74) is 0.706. The zero-order chi connectivity index (χ0) is 9.26. The largest absolute Gasteiger partial charge is 0.465 e. The van der Waals surface area contributed by atoms with Crippen LogP contribution < -0.4 is 0 Å². The van der Waals surface area contributed by atoms with Crippen molar-refractivity contribution in [2.75, 3.05) is 7.11 Å². The minimum absolute atomic E-state index is 0.0439. The van der Waals surface area contributed by atoms with Crippen LogP contribution in [0, 0.1) is 0 Å². The number of hydrogen-bond donors (Lipinski definition) is 0. The second kappa shape index (κ2) is 3.18. The van der Waals surface area contributed by atoms with Crippen LogP contribution in [0.5, 0.6) is 0 Å². The first-order valence-corrected chi connectivity index (χ1v) is 4.12. The van der Waals surface area contributed by atoms with Gasteiger partial charge in [0.15, 0.2) is 5.78 Å². The first-order chi connectivity index (χ1) is 6.31. The van der Waals surface area contributed by atoms with Crippen molar-refractivity contribution in [2.24, 2.45) is 0 Å². The second-order valence-electron chi connectivity index (χ2n) is 2.97. The number of hydrogen-bond acceptors (Lipinski definition) is 3. The molecule has 0 aromatic carbocycles. The fourth-order valence-electron chi connectivity index (χ4n) is 1.36. The molecule has 1 aromatic heterocycles. The standard InChI is InChI=1S/C10H10O3/c1-12-10-6-9(11)8(10)5-7-3-2-4-13-7/h2-5,10H,6H2,1H3/b8-5-/t10-/m0/s1. The average molecular weight is 178 g/mol. The normalized spacial score (nSPS) is 24.8. The maximum absolute atomic E-state index is 11.1. The molecular formula is C10H10O3. The van der Waals surface area contributed by atoms with E-state index >= 15 is 0 Å². The van der Waals surface area contributed by atoms with Gasteiger partial charge in [-0.15, -0.1) is 0 Å². The van der Waals surface area contributed by atoms with E-state index in [1.54, 1.807) is 25.5 Å². The Kier molecular flexibility index (Phi) is 2.02. The predicted octanol–water partition coefficient (Wildman–Crippen LogP) is 1.65. The maximum Gasteiger partial charge on any atom is 0.164 e. The van der Waals surface area contributed by atoms with Gasteiger partial charge in [0.2, 0.25) is 0 Å². The number of ether oxygens (including phenoxy) is 1. The Bertz CT molecular complexity index is 335. The molecule has 1 fully saturated rings. The Labute approximate surface area is 76.0 Å². The Morgan fingerprint density at radius 3 is 3.08 bits per heavy atom. The Morgan fingerprint density at radius 2 is 2.54 bits per heavy atom. The van der Waals surface area contributed by atoms with Gasteiger partial charge in [0.25, 0.3) is 0 Å². The molecule has 0 unspecified atom stereocenters. The van der Waals surface area contributed by atoms with Crippen molar-refractivity contribution in [3.8, 4) is 0 Å². The van der Waals surface area contributed by atoms with E-state index in [0.717, 1.165) is 0 Å². The molecule has 1 aliphatic rings. The molecule has 1 saturated carbocycles. The van der Waals surface area contributed by atoms with Crippen molar-refractivity contribution in [1.29, 1.82) is 0 Å². The summed E-state index contributed by atoms with van der Waals surface area (Å²) in [5.74, 6) is 0.841. The molecule has 68 valence electrons. The molecule has 1 atom stereocenters. The van der Waals surface area contributed by atoms with Gasteiger partial charge in [0.05, 0.1) is 12.4 Å². The molecular weight excluding hydrogens is 168 g/mol. The fraction of sp³-hybridized carbons (Fsp3) is 0.300. The van der Waals surface area contributed by atoms with Crippen molar-refractivity contribution in [3.63, 3.8) is 0 Å². The molecule has 0 amide bonds. The highest BCUT2D eigenvalue weighted by atomic mass is 16.5. The predicted molar refractivity (Wildman–Crippen MR) is 47.1 cm³/mol. The third-order valence-corrected chi connectivity index (χ3v) is 2.17. The molecule has 0 aliphatic heterocycles. The van der Waals surface area contributed by atoms with Crippen LogP contribution >= 0.6 is 0 Å². The third kappa shape index (κ3) is 1.42. The van der Waals surface area contributed by atoms with Gasteiger partial charge >= 0.3 is 0 Å². The summed E-state index contributed by atoms with van der Waals surface area (Å²) >= 11 is 0. The van der Waals surface area contributed by atoms with Gasteiger partial charge in [-0.25, -0.2) is 0 Å². The van der Waals surface area contributed by atoms with E-state index in [1.165, 1.54) is 0 Å². The van der Waals surface area contributed by atoms with Crippen LogP contribution in [0.1, 0.15) is 12.2 Å². The number of Topliss-reactive ketones (excluding diaryl/α,β-unsaturated/α-hetero) is 1. The van der Waals surface area contributed by atoms with Crippen LogP contribution in [-0.2, 0) is 9.53 Å². The molecule has 0 bridgehead atoms. The summed E-state index contributed by atoms with van der Waals surface area (Å²) in [5, 5.41) is 0. The van der Waals surface area contributed by atoms with E-state index in [2.05, 4.69) is 0 Å². The van der Waals surface area contributed by atoms with Gasteiger partial charge < -0.3 is 9.15 Å².